The Morgan fingerprint density at radius 1 is 0.650 bits per heavy atom. The number of hydrogen-bond acceptors (Lipinski definition) is 6. The lowest BCUT2D eigenvalue weighted by Crippen LogP contribution is -2.34. The van der Waals surface area contributed by atoms with Crippen molar-refractivity contribution >= 4 is 19.7 Å². The maximum atomic E-state index is 12.7. The van der Waals surface area contributed by atoms with Gasteiger partial charge in [-0.05, 0) is 37.8 Å². The first kappa shape index (κ1) is 29.7. The van der Waals surface area contributed by atoms with Crippen LogP contribution in [0, 0.1) is 10.8 Å². The smallest absolute Gasteiger partial charge is 0.179 e. The number of sulfone groups is 2. The summed E-state index contributed by atoms with van der Waals surface area (Å²) in [4.78, 5) is 0.971. The fourth-order valence-corrected chi connectivity index (χ4v) is 11.7. The van der Waals surface area contributed by atoms with Gasteiger partial charge >= 0.3 is 0 Å². The molecule has 0 aliphatic carbocycles. The zero-order valence-corrected chi connectivity index (χ0v) is 25.9. The first-order chi connectivity index (χ1) is 19.1. The van der Waals surface area contributed by atoms with E-state index in [4.69, 9.17) is 9.47 Å². The van der Waals surface area contributed by atoms with Crippen LogP contribution in [0.1, 0.15) is 102 Å². The highest BCUT2D eigenvalue weighted by atomic mass is 32.2. The molecule has 0 spiro atoms. The summed E-state index contributed by atoms with van der Waals surface area (Å²) in [5.74, 6) is 0.462. The van der Waals surface area contributed by atoms with Crippen LogP contribution < -0.4 is 0 Å². The van der Waals surface area contributed by atoms with E-state index < -0.39 is 19.7 Å². The maximum Gasteiger partial charge on any atom is 0.179 e. The molecule has 0 saturated carbocycles. The minimum atomic E-state index is -3.21. The second kappa shape index (κ2) is 11.2. The fraction of sp³-hybridized carbons (Fsp3) is 0.625. The number of unbranched alkanes of at least 4 members (excludes halogenated alkanes) is 2. The molecule has 0 bridgehead atoms. The van der Waals surface area contributed by atoms with Crippen molar-refractivity contribution in [1.82, 2.24) is 0 Å². The Morgan fingerprint density at radius 3 is 1.38 bits per heavy atom. The first-order valence-corrected chi connectivity index (χ1v) is 18.3. The zero-order valence-electron chi connectivity index (χ0n) is 24.3. The van der Waals surface area contributed by atoms with Gasteiger partial charge in [-0.25, -0.2) is 16.8 Å². The molecule has 220 valence electrons. The summed E-state index contributed by atoms with van der Waals surface area (Å²) in [6.07, 6.45) is 8.04. The van der Waals surface area contributed by atoms with Gasteiger partial charge in [-0.15, -0.1) is 0 Å². The summed E-state index contributed by atoms with van der Waals surface area (Å²) >= 11 is 0. The molecule has 40 heavy (non-hydrogen) atoms. The van der Waals surface area contributed by atoms with Crippen molar-refractivity contribution in [2.45, 2.75) is 113 Å². The van der Waals surface area contributed by atoms with Gasteiger partial charge < -0.3 is 9.47 Å². The number of benzene rings is 2. The van der Waals surface area contributed by atoms with Crippen molar-refractivity contribution in [3.05, 3.63) is 59.7 Å². The molecule has 2 fully saturated rings. The first-order valence-electron chi connectivity index (χ1n) is 15.0. The quantitative estimate of drug-likeness (QED) is 0.308. The summed E-state index contributed by atoms with van der Waals surface area (Å²) in [6.45, 7) is 8.49. The van der Waals surface area contributed by atoms with Gasteiger partial charge in [-0.1, -0.05) is 89.8 Å². The molecule has 0 radical (unpaired) electrons. The van der Waals surface area contributed by atoms with E-state index in [2.05, 4.69) is 27.7 Å². The van der Waals surface area contributed by atoms with Crippen LogP contribution in [0.2, 0.25) is 0 Å². The van der Waals surface area contributed by atoms with E-state index >= 15 is 0 Å². The van der Waals surface area contributed by atoms with Crippen LogP contribution >= 0.6 is 0 Å². The molecule has 0 aromatic heterocycles. The molecule has 4 heterocycles. The molecule has 4 aliphatic heterocycles. The van der Waals surface area contributed by atoms with E-state index in [0.29, 0.717) is 9.79 Å². The second-order valence-electron chi connectivity index (χ2n) is 12.2. The Kier molecular flexibility index (Phi) is 8.30. The molecule has 8 heteroatoms. The third-order valence-electron chi connectivity index (χ3n) is 9.73. The summed E-state index contributed by atoms with van der Waals surface area (Å²) < 4.78 is 62.8. The Hall–Kier alpha value is -1.74. The lowest BCUT2D eigenvalue weighted by atomic mass is 9.77. The second-order valence-corrected chi connectivity index (χ2v) is 16.1. The topological polar surface area (TPSA) is 93.3 Å². The van der Waals surface area contributed by atoms with Gasteiger partial charge in [0.1, 0.15) is 12.2 Å². The largest absolute Gasteiger partial charge is 0.364 e. The van der Waals surface area contributed by atoms with Crippen LogP contribution in [-0.2, 0) is 29.1 Å². The van der Waals surface area contributed by atoms with Crippen molar-refractivity contribution in [2.24, 2.45) is 10.8 Å². The van der Waals surface area contributed by atoms with Crippen LogP contribution in [0.25, 0.3) is 0 Å². The molecule has 2 saturated heterocycles. The summed E-state index contributed by atoms with van der Waals surface area (Å²) in [6, 6.07) is 14.7. The number of ether oxygens (including phenoxy) is 2. The Labute approximate surface area is 240 Å². The highest BCUT2D eigenvalue weighted by molar-refractivity contribution is 7.91. The molecular formula is C32H44O6S2. The van der Waals surface area contributed by atoms with E-state index in [9.17, 15) is 16.8 Å². The third kappa shape index (κ3) is 5.30. The predicted octanol–water partition coefficient (Wildman–Crippen LogP) is 7.00. The van der Waals surface area contributed by atoms with E-state index in [0.717, 1.165) is 62.5 Å². The predicted molar refractivity (Wildman–Crippen MR) is 157 cm³/mol. The van der Waals surface area contributed by atoms with Crippen LogP contribution in [-0.4, -0.2) is 40.5 Å². The van der Waals surface area contributed by atoms with Gasteiger partial charge in [0.05, 0.1) is 33.5 Å². The normalized spacial score (nSPS) is 33.9. The number of fused-ring (bicyclic) bond motifs is 6. The monoisotopic (exact) mass is 588 g/mol. The maximum absolute atomic E-state index is 12.7. The Bertz CT molecular complexity index is 1330. The Morgan fingerprint density at radius 2 is 1.02 bits per heavy atom. The fourth-order valence-electron chi connectivity index (χ4n) is 7.15. The van der Waals surface area contributed by atoms with Crippen molar-refractivity contribution in [2.75, 3.05) is 11.5 Å². The number of rotatable bonds is 8. The lowest BCUT2D eigenvalue weighted by molar-refractivity contribution is 0.192. The van der Waals surface area contributed by atoms with Gasteiger partial charge in [0.15, 0.2) is 19.7 Å². The summed E-state index contributed by atoms with van der Waals surface area (Å²) in [5, 5.41) is 0. The molecule has 2 aromatic carbocycles. The zero-order chi connectivity index (χ0) is 28.8. The molecule has 6 nitrogen and oxygen atoms in total. The van der Waals surface area contributed by atoms with Crippen LogP contribution in [0.3, 0.4) is 0 Å². The van der Waals surface area contributed by atoms with Crippen molar-refractivity contribution in [3.63, 3.8) is 0 Å². The number of epoxide rings is 2. The SMILES string of the molecule is CCCC[C@]1(CC)CS(=O)(=O)c2ccccc2[C@@H]2O[C@@H]21.CCCC[C@]1(CC)CS(=O)(=O)c2ccccc2[C@H]2OC21. The Balaban J connectivity index is 0.000000161. The average molecular weight is 589 g/mol. The molecule has 4 aliphatic rings. The standard InChI is InChI=1S/2C16H22O3S/c2*1-3-5-10-16(4-2)11-20(17,18)13-9-7-6-8-12(13)14-15(16)19-14/h2*6-9,14-15H,3-5,10-11H2,1-2H3/t14-,15?,16-;14-,15-,16+/m10/s1. The van der Waals surface area contributed by atoms with Crippen molar-refractivity contribution in [3.8, 4) is 0 Å². The molecule has 6 rings (SSSR count). The lowest BCUT2D eigenvalue weighted by Gasteiger charge is -2.30. The molecule has 0 N–H and O–H groups in total. The summed E-state index contributed by atoms with van der Waals surface area (Å²) in [5.41, 5.74) is 1.31. The minimum absolute atomic E-state index is 0.0136. The van der Waals surface area contributed by atoms with Crippen molar-refractivity contribution in [1.29, 1.82) is 0 Å². The van der Waals surface area contributed by atoms with E-state index in [1.165, 1.54) is 0 Å². The van der Waals surface area contributed by atoms with Crippen LogP contribution in [0.15, 0.2) is 58.3 Å². The van der Waals surface area contributed by atoms with Gasteiger partial charge in [0.2, 0.25) is 0 Å². The molecule has 6 atom stereocenters. The third-order valence-corrected chi connectivity index (χ3v) is 13.7. The minimum Gasteiger partial charge on any atom is -0.364 e. The highest BCUT2D eigenvalue weighted by Gasteiger charge is 2.60. The van der Waals surface area contributed by atoms with Gasteiger partial charge in [-0.2, -0.15) is 0 Å². The summed E-state index contributed by atoms with van der Waals surface area (Å²) in [7, 11) is -6.42. The molecular weight excluding hydrogens is 544 g/mol. The van der Waals surface area contributed by atoms with Gasteiger partial charge in [0.25, 0.3) is 0 Å². The van der Waals surface area contributed by atoms with E-state index in [1.54, 1.807) is 24.3 Å². The van der Waals surface area contributed by atoms with Crippen LogP contribution in [0.4, 0.5) is 0 Å². The van der Waals surface area contributed by atoms with E-state index in [-0.39, 0.29) is 46.8 Å². The highest BCUT2D eigenvalue weighted by Crippen LogP contribution is 2.58. The van der Waals surface area contributed by atoms with Crippen LogP contribution in [0.5, 0.6) is 0 Å². The number of hydrogen-bond donors (Lipinski definition) is 0. The van der Waals surface area contributed by atoms with Crippen molar-refractivity contribution < 1.29 is 26.3 Å². The van der Waals surface area contributed by atoms with Gasteiger partial charge in [-0.3, -0.25) is 0 Å². The van der Waals surface area contributed by atoms with Gasteiger partial charge in [0, 0.05) is 22.0 Å². The van der Waals surface area contributed by atoms with E-state index in [1.807, 2.05) is 24.3 Å². The molecule has 1 unspecified atom stereocenters. The average Bonchev–Trinajstić information content (AvgIpc) is 3.87. The molecule has 2 aromatic rings. The molecule has 0 amide bonds.